The van der Waals surface area contributed by atoms with E-state index in [2.05, 4.69) is 0 Å². The highest BCUT2D eigenvalue weighted by Gasteiger charge is 2.25. The molecule has 6 heteroatoms. The molecule has 1 aromatic rings. The summed E-state index contributed by atoms with van der Waals surface area (Å²) in [6, 6.07) is 5.33. The lowest BCUT2D eigenvalue weighted by molar-refractivity contribution is -0.133. The summed E-state index contributed by atoms with van der Waals surface area (Å²) in [5.41, 5.74) is 5.95. The van der Waals surface area contributed by atoms with E-state index in [1.54, 1.807) is 18.2 Å². The van der Waals surface area contributed by atoms with Gasteiger partial charge in [0.15, 0.2) is 0 Å². The van der Waals surface area contributed by atoms with Gasteiger partial charge in [-0.15, -0.1) is 0 Å². The second kappa shape index (κ2) is 8.04. The normalized spacial score (nSPS) is 19.8. The molecule has 2 N–H and O–H groups in total. The van der Waals surface area contributed by atoms with Crippen LogP contribution in [0.2, 0.25) is 10.0 Å². The number of halogens is 2. The number of piperidine rings is 1. The van der Waals surface area contributed by atoms with E-state index in [-0.39, 0.29) is 18.6 Å². The maximum absolute atomic E-state index is 12.3. The van der Waals surface area contributed by atoms with E-state index in [0.29, 0.717) is 28.1 Å². The van der Waals surface area contributed by atoms with Crippen LogP contribution in [0.1, 0.15) is 26.2 Å². The van der Waals surface area contributed by atoms with Crippen LogP contribution in [0.25, 0.3) is 0 Å². The zero-order valence-corrected chi connectivity index (χ0v) is 14.2. The first-order valence-electron chi connectivity index (χ1n) is 7.59. The van der Waals surface area contributed by atoms with Crippen molar-refractivity contribution in [3.63, 3.8) is 0 Å². The Labute approximate surface area is 141 Å². The zero-order valence-electron chi connectivity index (χ0n) is 12.7. The van der Waals surface area contributed by atoms with Crippen LogP contribution in [-0.4, -0.2) is 36.5 Å². The van der Waals surface area contributed by atoms with Gasteiger partial charge in [0.25, 0.3) is 0 Å². The van der Waals surface area contributed by atoms with Gasteiger partial charge in [-0.3, -0.25) is 4.79 Å². The van der Waals surface area contributed by atoms with Crippen LogP contribution in [0.4, 0.5) is 0 Å². The van der Waals surface area contributed by atoms with Gasteiger partial charge in [0.1, 0.15) is 10.8 Å². The Hall–Kier alpha value is -0.970. The van der Waals surface area contributed by atoms with Crippen LogP contribution in [0.5, 0.6) is 5.75 Å². The number of likely N-dealkylation sites (tertiary alicyclic amines) is 1. The topological polar surface area (TPSA) is 55.6 Å². The summed E-state index contributed by atoms with van der Waals surface area (Å²) in [5.74, 6) is 0.999. The summed E-state index contributed by atoms with van der Waals surface area (Å²) in [6.07, 6.45) is 2.43. The van der Waals surface area contributed by atoms with Crippen molar-refractivity contribution in [1.29, 1.82) is 0 Å². The third kappa shape index (κ3) is 4.51. The zero-order chi connectivity index (χ0) is 16.1. The number of carbonyl (C=O) groups excluding carboxylic acids is 1. The Bertz CT molecular complexity index is 523. The highest BCUT2D eigenvalue weighted by atomic mass is 35.5. The van der Waals surface area contributed by atoms with Gasteiger partial charge in [-0.2, -0.15) is 0 Å². The molecule has 1 saturated heterocycles. The van der Waals surface area contributed by atoms with Gasteiger partial charge >= 0.3 is 0 Å². The number of nitrogens with two attached hydrogens (primary N) is 1. The predicted octanol–water partition coefficient (Wildman–Crippen LogP) is 3.35. The van der Waals surface area contributed by atoms with Gasteiger partial charge in [0.2, 0.25) is 5.91 Å². The van der Waals surface area contributed by atoms with Crippen molar-refractivity contribution in [1.82, 2.24) is 4.90 Å². The average Bonchev–Trinajstić information content (AvgIpc) is 2.51. The Morgan fingerprint density at radius 2 is 2.27 bits per heavy atom. The van der Waals surface area contributed by atoms with Crippen LogP contribution in [0.3, 0.4) is 0 Å². The maximum Gasteiger partial charge on any atom is 0.226 e. The number of hydrogen-bond donors (Lipinski definition) is 1. The summed E-state index contributed by atoms with van der Waals surface area (Å²) in [7, 11) is 0. The maximum atomic E-state index is 12.3. The van der Waals surface area contributed by atoms with Gasteiger partial charge in [-0.05, 0) is 37.8 Å². The van der Waals surface area contributed by atoms with Crippen molar-refractivity contribution < 1.29 is 9.53 Å². The molecule has 0 radical (unpaired) electrons. The molecule has 1 fully saturated rings. The number of amides is 1. The van der Waals surface area contributed by atoms with Gasteiger partial charge in [0, 0.05) is 19.1 Å². The lowest BCUT2D eigenvalue weighted by Crippen LogP contribution is -2.45. The van der Waals surface area contributed by atoms with E-state index >= 15 is 0 Å². The van der Waals surface area contributed by atoms with Gasteiger partial charge < -0.3 is 15.4 Å². The number of rotatable bonds is 5. The molecule has 0 aromatic heterocycles. The second-order valence-corrected chi connectivity index (χ2v) is 6.54. The third-order valence-electron chi connectivity index (χ3n) is 4.04. The van der Waals surface area contributed by atoms with Crippen molar-refractivity contribution in [3.8, 4) is 5.75 Å². The minimum absolute atomic E-state index is 0.100. The van der Waals surface area contributed by atoms with Gasteiger partial charge in [0.05, 0.1) is 18.1 Å². The molecule has 22 heavy (non-hydrogen) atoms. The smallest absolute Gasteiger partial charge is 0.226 e. The minimum atomic E-state index is 0.100. The van der Waals surface area contributed by atoms with E-state index in [0.717, 1.165) is 25.9 Å². The first kappa shape index (κ1) is 17.4. The molecule has 0 spiro atoms. The summed E-state index contributed by atoms with van der Waals surface area (Å²) < 4.78 is 5.56. The summed E-state index contributed by atoms with van der Waals surface area (Å²) in [6.45, 7) is 3.84. The van der Waals surface area contributed by atoms with Crippen LogP contribution in [0, 0.1) is 5.92 Å². The van der Waals surface area contributed by atoms with Gasteiger partial charge in [-0.1, -0.05) is 29.3 Å². The molecule has 2 atom stereocenters. The fourth-order valence-electron chi connectivity index (χ4n) is 2.67. The van der Waals surface area contributed by atoms with E-state index in [4.69, 9.17) is 33.7 Å². The molecule has 1 aliphatic rings. The van der Waals surface area contributed by atoms with Crippen LogP contribution in [-0.2, 0) is 4.79 Å². The van der Waals surface area contributed by atoms with Gasteiger partial charge in [-0.25, -0.2) is 0 Å². The summed E-state index contributed by atoms with van der Waals surface area (Å²) in [4.78, 5) is 14.1. The number of hydrogen-bond acceptors (Lipinski definition) is 3. The Morgan fingerprint density at radius 1 is 1.50 bits per heavy atom. The molecule has 0 bridgehead atoms. The van der Waals surface area contributed by atoms with Crippen LogP contribution >= 0.6 is 23.2 Å². The molecule has 0 saturated carbocycles. The highest BCUT2D eigenvalue weighted by molar-refractivity contribution is 6.42. The fourth-order valence-corrected chi connectivity index (χ4v) is 3.01. The molecule has 1 aliphatic heterocycles. The molecule has 122 valence electrons. The van der Waals surface area contributed by atoms with Crippen molar-refractivity contribution in [2.24, 2.45) is 11.7 Å². The standard InChI is InChI=1S/C16H22Cl2N2O2/c1-11(19)12-4-3-8-20(10-12)15(21)7-9-22-14-6-2-5-13(17)16(14)18/h2,5-6,11-12H,3-4,7-10,19H2,1H3/t11-,12+/m0/s1. The fraction of sp³-hybridized carbons (Fsp3) is 0.562. The third-order valence-corrected chi connectivity index (χ3v) is 4.85. The van der Waals surface area contributed by atoms with E-state index in [1.807, 2.05) is 11.8 Å². The SMILES string of the molecule is C[C@H](N)[C@@H]1CCCN(C(=O)CCOc2cccc(Cl)c2Cl)C1. The minimum Gasteiger partial charge on any atom is -0.491 e. The van der Waals surface area contributed by atoms with Crippen molar-refractivity contribution in [2.75, 3.05) is 19.7 Å². The lowest BCUT2D eigenvalue weighted by atomic mass is 9.92. The number of benzene rings is 1. The van der Waals surface area contributed by atoms with Crippen molar-refractivity contribution in [2.45, 2.75) is 32.2 Å². The monoisotopic (exact) mass is 344 g/mol. The van der Waals surface area contributed by atoms with Crippen molar-refractivity contribution in [3.05, 3.63) is 28.2 Å². The molecule has 4 nitrogen and oxygen atoms in total. The van der Waals surface area contributed by atoms with E-state index in [9.17, 15) is 4.79 Å². The quantitative estimate of drug-likeness (QED) is 0.890. The molecule has 1 heterocycles. The van der Waals surface area contributed by atoms with E-state index < -0.39 is 0 Å². The Balaban J connectivity index is 1.81. The van der Waals surface area contributed by atoms with Crippen LogP contribution in [0.15, 0.2) is 18.2 Å². The molecular formula is C16H22Cl2N2O2. The predicted molar refractivity (Wildman–Crippen MR) is 89.5 cm³/mol. The Morgan fingerprint density at radius 3 is 3.00 bits per heavy atom. The second-order valence-electron chi connectivity index (χ2n) is 5.75. The molecule has 2 rings (SSSR count). The molecule has 0 aliphatic carbocycles. The van der Waals surface area contributed by atoms with Crippen LogP contribution < -0.4 is 10.5 Å². The number of nitrogens with zero attached hydrogens (tertiary/aromatic N) is 1. The molecule has 0 unspecified atom stereocenters. The molecule has 1 aromatic carbocycles. The summed E-state index contributed by atoms with van der Waals surface area (Å²) >= 11 is 12.0. The highest BCUT2D eigenvalue weighted by Crippen LogP contribution is 2.31. The molecular weight excluding hydrogens is 323 g/mol. The summed E-state index contributed by atoms with van der Waals surface area (Å²) in [5, 5.41) is 0.827. The number of ether oxygens (including phenoxy) is 1. The number of carbonyl (C=O) groups is 1. The molecule has 1 amide bonds. The lowest BCUT2D eigenvalue weighted by Gasteiger charge is -2.34. The first-order chi connectivity index (χ1) is 10.5. The average molecular weight is 345 g/mol. The van der Waals surface area contributed by atoms with Crippen molar-refractivity contribution >= 4 is 29.1 Å². The Kier molecular flexibility index (Phi) is 6.36. The van der Waals surface area contributed by atoms with E-state index in [1.165, 1.54) is 0 Å². The first-order valence-corrected chi connectivity index (χ1v) is 8.34. The largest absolute Gasteiger partial charge is 0.491 e.